The van der Waals surface area contributed by atoms with Crippen LogP contribution in [0.2, 0.25) is 5.02 Å². The van der Waals surface area contributed by atoms with E-state index in [1.165, 1.54) is 0 Å². The number of carboxylic acid groups (broad SMARTS) is 1. The van der Waals surface area contributed by atoms with Crippen molar-refractivity contribution in [3.8, 4) is 0 Å². The highest BCUT2D eigenvalue weighted by Gasteiger charge is 2.19. The minimum atomic E-state index is -1.24. The zero-order valence-electron chi connectivity index (χ0n) is 12.7. The fourth-order valence-electron chi connectivity index (χ4n) is 2.24. The number of nitrogens with one attached hydrogen (secondary N) is 1. The van der Waals surface area contributed by atoms with E-state index in [0.717, 1.165) is 11.1 Å². The number of carbonyl (C=O) groups excluding carboxylic acids is 2. The van der Waals surface area contributed by atoms with Crippen molar-refractivity contribution >= 4 is 29.2 Å². The first-order valence-electron chi connectivity index (χ1n) is 7.26. The van der Waals surface area contributed by atoms with Gasteiger partial charge in [-0.15, -0.1) is 0 Å². The Morgan fingerprint density at radius 2 is 1.70 bits per heavy atom. The molecule has 2 aromatic carbocycles. The van der Waals surface area contributed by atoms with Gasteiger partial charge in [-0.3, -0.25) is 4.79 Å². The predicted octanol–water partition coefficient (Wildman–Crippen LogP) is 2.59. The van der Waals surface area contributed by atoms with Crippen LogP contribution in [0.5, 0.6) is 0 Å². The second kappa shape index (κ2) is 7.79. The normalized spacial score (nSPS) is 11.7. The minimum Gasteiger partial charge on any atom is -0.550 e. The summed E-state index contributed by atoms with van der Waals surface area (Å²) in [5.74, 6) is -2.29. The standard InChI is InChI=1S/C18H18ClNO3/c1-12-2-4-13(5-3-12)10-14(11-17(21)22)18(23)20-16-8-6-15(19)7-9-16/h2-9,14H,10-11H2,1H3,(H,20,23)(H,21,22)/p-1. The molecular weight excluding hydrogens is 314 g/mol. The molecule has 2 rings (SSSR count). The number of aliphatic carboxylic acids is 1. The third kappa shape index (κ3) is 5.42. The van der Waals surface area contributed by atoms with Crippen LogP contribution in [0.1, 0.15) is 17.5 Å². The number of halogens is 1. The zero-order chi connectivity index (χ0) is 16.8. The molecule has 0 saturated carbocycles. The topological polar surface area (TPSA) is 69.2 Å². The molecule has 1 atom stereocenters. The van der Waals surface area contributed by atoms with Gasteiger partial charge in [0.15, 0.2) is 0 Å². The molecule has 0 heterocycles. The second-order valence-electron chi connectivity index (χ2n) is 5.46. The molecule has 0 aliphatic heterocycles. The molecule has 1 amide bonds. The van der Waals surface area contributed by atoms with Gasteiger partial charge in [0.1, 0.15) is 0 Å². The lowest BCUT2D eigenvalue weighted by atomic mass is 9.94. The van der Waals surface area contributed by atoms with Gasteiger partial charge >= 0.3 is 0 Å². The molecule has 120 valence electrons. The van der Waals surface area contributed by atoms with E-state index >= 15 is 0 Å². The lowest BCUT2D eigenvalue weighted by Crippen LogP contribution is -2.32. The predicted molar refractivity (Wildman–Crippen MR) is 88.1 cm³/mol. The molecule has 0 fully saturated rings. The van der Waals surface area contributed by atoms with Crippen LogP contribution < -0.4 is 10.4 Å². The summed E-state index contributed by atoms with van der Waals surface area (Å²) >= 11 is 5.80. The largest absolute Gasteiger partial charge is 0.550 e. The fraction of sp³-hybridized carbons (Fsp3) is 0.222. The number of hydrogen-bond donors (Lipinski definition) is 1. The maximum absolute atomic E-state index is 12.4. The van der Waals surface area contributed by atoms with Gasteiger partial charge in [-0.05, 0) is 49.6 Å². The molecule has 0 aliphatic carbocycles. The Morgan fingerprint density at radius 1 is 1.09 bits per heavy atom. The zero-order valence-corrected chi connectivity index (χ0v) is 13.5. The Balaban J connectivity index is 2.09. The van der Waals surface area contributed by atoms with Gasteiger partial charge in [-0.25, -0.2) is 0 Å². The number of rotatable bonds is 6. The Labute approximate surface area is 140 Å². The number of carboxylic acids is 1. The molecule has 0 aromatic heterocycles. The Hall–Kier alpha value is -2.33. The van der Waals surface area contributed by atoms with Crippen molar-refractivity contribution in [1.29, 1.82) is 0 Å². The van der Waals surface area contributed by atoms with Crippen molar-refractivity contribution in [3.05, 3.63) is 64.7 Å². The SMILES string of the molecule is Cc1ccc(CC(CC(=O)[O-])C(=O)Nc2ccc(Cl)cc2)cc1. The van der Waals surface area contributed by atoms with Gasteiger partial charge in [0.05, 0.1) is 0 Å². The molecular formula is C18H17ClNO3-. The van der Waals surface area contributed by atoms with Crippen molar-refractivity contribution < 1.29 is 14.7 Å². The molecule has 1 N–H and O–H groups in total. The molecule has 1 unspecified atom stereocenters. The molecule has 5 heteroatoms. The van der Waals surface area contributed by atoms with Crippen LogP contribution in [0.25, 0.3) is 0 Å². The van der Waals surface area contributed by atoms with Crippen molar-refractivity contribution in [2.24, 2.45) is 5.92 Å². The van der Waals surface area contributed by atoms with Gasteiger partial charge < -0.3 is 15.2 Å². The molecule has 2 aromatic rings. The third-order valence-electron chi connectivity index (χ3n) is 3.50. The molecule has 4 nitrogen and oxygen atoms in total. The van der Waals surface area contributed by atoms with Gasteiger partial charge in [-0.2, -0.15) is 0 Å². The molecule has 0 spiro atoms. The number of anilines is 1. The van der Waals surface area contributed by atoms with Crippen molar-refractivity contribution in [1.82, 2.24) is 0 Å². The van der Waals surface area contributed by atoms with Crippen LogP contribution in [-0.4, -0.2) is 11.9 Å². The lowest BCUT2D eigenvalue weighted by molar-refractivity contribution is -0.306. The van der Waals surface area contributed by atoms with Crippen LogP contribution in [0.4, 0.5) is 5.69 Å². The van der Waals surface area contributed by atoms with E-state index in [0.29, 0.717) is 17.1 Å². The van der Waals surface area contributed by atoms with Crippen LogP contribution in [0.15, 0.2) is 48.5 Å². The van der Waals surface area contributed by atoms with Gasteiger partial charge in [-0.1, -0.05) is 41.4 Å². The summed E-state index contributed by atoms with van der Waals surface area (Å²) < 4.78 is 0. The van der Waals surface area contributed by atoms with Crippen molar-refractivity contribution in [2.75, 3.05) is 5.32 Å². The first-order chi connectivity index (χ1) is 10.9. The summed E-state index contributed by atoms with van der Waals surface area (Å²) in [6.07, 6.45) is 0.0149. The summed E-state index contributed by atoms with van der Waals surface area (Å²) in [6, 6.07) is 14.3. The van der Waals surface area contributed by atoms with Crippen LogP contribution in [0, 0.1) is 12.8 Å². The van der Waals surface area contributed by atoms with Crippen LogP contribution in [-0.2, 0) is 16.0 Å². The third-order valence-corrected chi connectivity index (χ3v) is 3.75. The Bertz CT molecular complexity index is 680. The van der Waals surface area contributed by atoms with Gasteiger partial charge in [0.2, 0.25) is 5.91 Å². The summed E-state index contributed by atoms with van der Waals surface area (Å²) in [7, 11) is 0. The fourth-order valence-corrected chi connectivity index (χ4v) is 2.37. The van der Waals surface area contributed by atoms with E-state index in [9.17, 15) is 14.7 Å². The van der Waals surface area contributed by atoms with Crippen LogP contribution in [0.3, 0.4) is 0 Å². The molecule has 0 bridgehead atoms. The Morgan fingerprint density at radius 3 is 2.26 bits per heavy atom. The number of amides is 1. The van der Waals surface area contributed by atoms with E-state index in [4.69, 9.17) is 11.6 Å². The average Bonchev–Trinajstić information content (AvgIpc) is 2.50. The molecule has 0 aliphatic rings. The van der Waals surface area contributed by atoms with Crippen molar-refractivity contribution in [3.63, 3.8) is 0 Å². The highest BCUT2D eigenvalue weighted by molar-refractivity contribution is 6.30. The smallest absolute Gasteiger partial charge is 0.228 e. The van der Waals surface area contributed by atoms with Crippen LogP contribution >= 0.6 is 11.6 Å². The lowest BCUT2D eigenvalue weighted by Gasteiger charge is -2.17. The maximum atomic E-state index is 12.4. The summed E-state index contributed by atoms with van der Waals surface area (Å²) in [5, 5.41) is 14.2. The number of hydrogen-bond acceptors (Lipinski definition) is 3. The van der Waals surface area contributed by atoms with E-state index in [2.05, 4.69) is 5.32 Å². The van der Waals surface area contributed by atoms with Crippen molar-refractivity contribution in [2.45, 2.75) is 19.8 Å². The summed E-state index contributed by atoms with van der Waals surface area (Å²) in [4.78, 5) is 23.3. The van der Waals surface area contributed by atoms with E-state index < -0.39 is 11.9 Å². The molecule has 23 heavy (non-hydrogen) atoms. The highest BCUT2D eigenvalue weighted by Crippen LogP contribution is 2.18. The van der Waals surface area contributed by atoms with Gasteiger partial charge in [0.25, 0.3) is 0 Å². The second-order valence-corrected chi connectivity index (χ2v) is 5.90. The molecule has 0 radical (unpaired) electrons. The monoisotopic (exact) mass is 330 g/mol. The number of carbonyl (C=O) groups is 2. The number of aryl methyl sites for hydroxylation is 1. The van der Waals surface area contributed by atoms with E-state index in [1.54, 1.807) is 24.3 Å². The maximum Gasteiger partial charge on any atom is 0.228 e. The summed E-state index contributed by atoms with van der Waals surface area (Å²) in [6.45, 7) is 1.97. The Kier molecular flexibility index (Phi) is 5.77. The summed E-state index contributed by atoms with van der Waals surface area (Å²) in [5.41, 5.74) is 2.59. The molecule has 0 saturated heterocycles. The number of benzene rings is 2. The first-order valence-corrected chi connectivity index (χ1v) is 7.63. The average molecular weight is 331 g/mol. The quantitative estimate of drug-likeness (QED) is 0.885. The van der Waals surface area contributed by atoms with E-state index in [1.807, 2.05) is 31.2 Å². The van der Waals surface area contributed by atoms with E-state index in [-0.39, 0.29) is 12.3 Å². The van der Waals surface area contributed by atoms with Gasteiger partial charge in [0, 0.05) is 22.6 Å². The highest BCUT2D eigenvalue weighted by atomic mass is 35.5. The minimum absolute atomic E-state index is 0.326. The first kappa shape index (κ1) is 17.0.